The maximum atomic E-state index is 8.92. The molecule has 1 saturated heterocycles. The molecule has 1 aliphatic heterocycles. The van der Waals surface area contributed by atoms with Crippen LogP contribution in [0.25, 0.3) is 0 Å². The summed E-state index contributed by atoms with van der Waals surface area (Å²) in [6, 6.07) is 0. The number of hydrogen-bond acceptors (Lipinski definition) is 3. The molecule has 1 heterocycles. The summed E-state index contributed by atoms with van der Waals surface area (Å²) in [6.07, 6.45) is 2.47. The third-order valence-electron chi connectivity index (χ3n) is 1.84. The highest BCUT2D eigenvalue weighted by Gasteiger charge is 2.14. The van der Waals surface area contributed by atoms with Crippen LogP contribution in [0.3, 0.4) is 0 Å². The molecule has 0 aromatic carbocycles. The van der Waals surface area contributed by atoms with Crippen LogP contribution in [0.5, 0.6) is 0 Å². The predicted molar refractivity (Wildman–Crippen MR) is 43.5 cm³/mol. The minimum Gasteiger partial charge on any atom is -0.392 e. The van der Waals surface area contributed by atoms with Crippen LogP contribution < -0.4 is 5.32 Å². The lowest BCUT2D eigenvalue weighted by Crippen LogP contribution is -2.31. The molecule has 0 amide bonds. The second-order valence-electron chi connectivity index (χ2n) is 3.14. The summed E-state index contributed by atoms with van der Waals surface area (Å²) in [5.41, 5.74) is 0. The van der Waals surface area contributed by atoms with Gasteiger partial charge in [-0.1, -0.05) is 0 Å². The largest absolute Gasteiger partial charge is 0.392 e. The van der Waals surface area contributed by atoms with E-state index in [1.165, 1.54) is 6.42 Å². The molecule has 3 heteroatoms. The molecule has 1 unspecified atom stereocenters. The van der Waals surface area contributed by atoms with Gasteiger partial charge in [0.2, 0.25) is 0 Å². The Balaban J connectivity index is 1.94. The van der Waals surface area contributed by atoms with Crippen molar-refractivity contribution >= 4 is 0 Å². The van der Waals surface area contributed by atoms with Crippen LogP contribution in [0.1, 0.15) is 19.8 Å². The van der Waals surface area contributed by atoms with Gasteiger partial charge in [0.05, 0.1) is 12.2 Å². The van der Waals surface area contributed by atoms with Gasteiger partial charge < -0.3 is 15.2 Å². The minimum absolute atomic E-state index is 0.253. The molecule has 11 heavy (non-hydrogen) atoms. The fraction of sp³-hybridized carbons (Fsp3) is 1.00. The molecule has 2 N–H and O–H groups in total. The second-order valence-corrected chi connectivity index (χ2v) is 3.14. The molecular formula is C8H17NO2. The first-order valence-corrected chi connectivity index (χ1v) is 4.29. The van der Waals surface area contributed by atoms with E-state index in [9.17, 15) is 0 Å². The van der Waals surface area contributed by atoms with Crippen molar-refractivity contribution < 1.29 is 9.84 Å². The van der Waals surface area contributed by atoms with E-state index in [-0.39, 0.29) is 6.10 Å². The van der Waals surface area contributed by atoms with E-state index in [0.717, 1.165) is 19.6 Å². The molecule has 1 fully saturated rings. The Morgan fingerprint density at radius 2 is 2.55 bits per heavy atom. The predicted octanol–water partition coefficient (Wildman–Crippen LogP) is 0.136. The normalized spacial score (nSPS) is 27.3. The van der Waals surface area contributed by atoms with Gasteiger partial charge in [0, 0.05) is 19.7 Å². The Hall–Kier alpha value is -0.120. The lowest BCUT2D eigenvalue weighted by Gasteiger charge is -2.11. The van der Waals surface area contributed by atoms with Crippen molar-refractivity contribution in [1.82, 2.24) is 5.32 Å². The first kappa shape index (κ1) is 8.97. The fourth-order valence-corrected chi connectivity index (χ4v) is 1.26. The van der Waals surface area contributed by atoms with Crippen LogP contribution in [-0.4, -0.2) is 37.0 Å². The van der Waals surface area contributed by atoms with Crippen LogP contribution in [-0.2, 0) is 4.74 Å². The fourth-order valence-electron chi connectivity index (χ4n) is 1.26. The van der Waals surface area contributed by atoms with Gasteiger partial charge in [0.1, 0.15) is 0 Å². The van der Waals surface area contributed by atoms with Crippen molar-refractivity contribution in [2.45, 2.75) is 32.0 Å². The van der Waals surface area contributed by atoms with Gasteiger partial charge in [-0.15, -0.1) is 0 Å². The number of rotatable bonds is 4. The Morgan fingerprint density at radius 1 is 1.73 bits per heavy atom. The van der Waals surface area contributed by atoms with Crippen LogP contribution in [0.2, 0.25) is 0 Å². The maximum absolute atomic E-state index is 8.92. The average molecular weight is 159 g/mol. The number of aliphatic hydroxyl groups is 1. The van der Waals surface area contributed by atoms with Crippen LogP contribution in [0.15, 0.2) is 0 Å². The molecule has 2 atom stereocenters. The summed E-state index contributed by atoms with van der Waals surface area (Å²) in [6.45, 7) is 4.23. The van der Waals surface area contributed by atoms with Crippen molar-refractivity contribution in [2.75, 3.05) is 19.7 Å². The Labute approximate surface area is 67.7 Å². The zero-order valence-electron chi connectivity index (χ0n) is 7.05. The van der Waals surface area contributed by atoms with Crippen molar-refractivity contribution in [1.29, 1.82) is 0 Å². The molecule has 66 valence electrons. The molecule has 0 saturated carbocycles. The molecule has 1 aliphatic rings. The average Bonchev–Trinajstić information content (AvgIpc) is 2.39. The number of hydrogen-bond donors (Lipinski definition) is 2. The van der Waals surface area contributed by atoms with Gasteiger partial charge >= 0.3 is 0 Å². The summed E-state index contributed by atoms with van der Waals surface area (Å²) in [5, 5.41) is 12.1. The summed E-state index contributed by atoms with van der Waals surface area (Å²) >= 11 is 0. The molecule has 0 bridgehead atoms. The Bertz CT molecular complexity index is 100. The number of aliphatic hydroxyl groups excluding tert-OH is 1. The van der Waals surface area contributed by atoms with Crippen LogP contribution >= 0.6 is 0 Å². The van der Waals surface area contributed by atoms with Crippen molar-refractivity contribution in [3.8, 4) is 0 Å². The first-order valence-electron chi connectivity index (χ1n) is 4.29. The molecule has 0 aromatic heterocycles. The van der Waals surface area contributed by atoms with E-state index < -0.39 is 0 Å². The van der Waals surface area contributed by atoms with Crippen LogP contribution in [0, 0.1) is 0 Å². The van der Waals surface area contributed by atoms with Gasteiger partial charge in [0.15, 0.2) is 0 Å². The summed E-state index contributed by atoms with van der Waals surface area (Å²) < 4.78 is 5.39. The molecular weight excluding hydrogens is 142 g/mol. The highest BCUT2D eigenvalue weighted by Crippen LogP contribution is 2.10. The Kier molecular flexibility index (Phi) is 3.83. The maximum Gasteiger partial charge on any atom is 0.0700 e. The van der Waals surface area contributed by atoms with Crippen LogP contribution in [0.4, 0.5) is 0 Å². The van der Waals surface area contributed by atoms with Crippen molar-refractivity contribution in [2.24, 2.45) is 0 Å². The summed E-state index contributed by atoms with van der Waals surface area (Å²) in [7, 11) is 0. The molecule has 0 spiro atoms. The van der Waals surface area contributed by atoms with Gasteiger partial charge in [-0.3, -0.25) is 0 Å². The van der Waals surface area contributed by atoms with Gasteiger partial charge in [-0.2, -0.15) is 0 Å². The zero-order chi connectivity index (χ0) is 8.10. The topological polar surface area (TPSA) is 41.5 Å². The zero-order valence-corrected chi connectivity index (χ0v) is 7.05. The first-order chi connectivity index (χ1) is 5.29. The van der Waals surface area contributed by atoms with E-state index >= 15 is 0 Å². The quantitative estimate of drug-likeness (QED) is 0.613. The molecule has 3 nitrogen and oxygen atoms in total. The summed E-state index contributed by atoms with van der Waals surface area (Å²) in [4.78, 5) is 0. The summed E-state index contributed by atoms with van der Waals surface area (Å²) in [5.74, 6) is 0. The molecule has 0 aliphatic carbocycles. The Morgan fingerprint density at radius 3 is 3.09 bits per heavy atom. The number of ether oxygens (including phenoxy) is 1. The van der Waals surface area contributed by atoms with E-state index in [2.05, 4.69) is 5.32 Å². The van der Waals surface area contributed by atoms with E-state index in [1.54, 1.807) is 6.92 Å². The van der Waals surface area contributed by atoms with E-state index in [1.807, 2.05) is 0 Å². The standard InChI is InChI=1S/C8H17NO2/c1-7(10)5-9-6-8-3-2-4-11-8/h7-10H,2-6H2,1H3/t7-,8?/m1/s1. The van der Waals surface area contributed by atoms with E-state index in [4.69, 9.17) is 9.84 Å². The molecule has 1 rings (SSSR count). The lowest BCUT2D eigenvalue weighted by molar-refractivity contribution is 0.105. The monoisotopic (exact) mass is 159 g/mol. The SMILES string of the molecule is C[C@@H](O)CNCC1CCCO1. The highest BCUT2D eigenvalue weighted by atomic mass is 16.5. The van der Waals surface area contributed by atoms with Crippen molar-refractivity contribution in [3.05, 3.63) is 0 Å². The third-order valence-corrected chi connectivity index (χ3v) is 1.84. The number of nitrogens with one attached hydrogen (secondary N) is 1. The second kappa shape index (κ2) is 4.70. The van der Waals surface area contributed by atoms with E-state index in [0.29, 0.717) is 12.6 Å². The lowest BCUT2D eigenvalue weighted by atomic mass is 10.2. The molecule has 0 radical (unpaired) electrons. The van der Waals surface area contributed by atoms with Gasteiger partial charge in [-0.05, 0) is 19.8 Å². The third kappa shape index (κ3) is 3.70. The minimum atomic E-state index is -0.253. The smallest absolute Gasteiger partial charge is 0.0700 e. The highest BCUT2D eigenvalue weighted by molar-refractivity contribution is 4.67. The van der Waals surface area contributed by atoms with Crippen molar-refractivity contribution in [3.63, 3.8) is 0 Å². The van der Waals surface area contributed by atoms with Gasteiger partial charge in [-0.25, -0.2) is 0 Å². The molecule has 0 aromatic rings. The van der Waals surface area contributed by atoms with Gasteiger partial charge in [0.25, 0.3) is 0 Å².